The van der Waals surface area contributed by atoms with Gasteiger partial charge in [-0.1, -0.05) is 11.6 Å². The molecule has 1 heterocycles. The molecule has 116 valence electrons. The standard InChI is InChI=1S/C16H23ClN2O2/c1-12-11-18(15(20)21-16(2,3)4)9-10-19(12)14-7-5-13(17)6-8-14/h5-8,12H,9-11H2,1-4H3/t12-/m1/s1. The number of benzene rings is 1. The lowest BCUT2D eigenvalue weighted by atomic mass is 10.1. The summed E-state index contributed by atoms with van der Waals surface area (Å²) in [5.74, 6) is 0. The monoisotopic (exact) mass is 310 g/mol. The minimum absolute atomic E-state index is 0.231. The van der Waals surface area contributed by atoms with Crippen LogP contribution in [0, 0.1) is 0 Å². The molecule has 0 aliphatic carbocycles. The number of nitrogens with zero attached hydrogens (tertiary/aromatic N) is 2. The molecule has 1 atom stereocenters. The molecule has 0 N–H and O–H groups in total. The van der Waals surface area contributed by atoms with Crippen molar-refractivity contribution >= 4 is 23.4 Å². The van der Waals surface area contributed by atoms with E-state index in [0.717, 1.165) is 17.3 Å². The number of piperazine rings is 1. The summed E-state index contributed by atoms with van der Waals surface area (Å²) in [4.78, 5) is 16.2. The first-order chi connectivity index (χ1) is 9.76. The van der Waals surface area contributed by atoms with Crippen LogP contribution >= 0.6 is 11.6 Å². The number of hydrogen-bond donors (Lipinski definition) is 0. The van der Waals surface area contributed by atoms with Crippen LogP contribution in [0.4, 0.5) is 10.5 Å². The average Bonchev–Trinajstić information content (AvgIpc) is 2.38. The summed E-state index contributed by atoms with van der Waals surface area (Å²) in [5.41, 5.74) is 0.684. The number of hydrogen-bond acceptors (Lipinski definition) is 3. The molecule has 1 aliphatic heterocycles. The lowest BCUT2D eigenvalue weighted by Crippen LogP contribution is -2.54. The lowest BCUT2D eigenvalue weighted by molar-refractivity contribution is 0.0219. The summed E-state index contributed by atoms with van der Waals surface area (Å²) in [6, 6.07) is 8.06. The molecule has 0 unspecified atom stereocenters. The van der Waals surface area contributed by atoms with Crippen LogP contribution in [0.5, 0.6) is 0 Å². The molecule has 0 saturated carbocycles. The SMILES string of the molecule is C[C@@H]1CN(C(=O)OC(C)(C)C)CCN1c1ccc(Cl)cc1. The van der Waals surface area contributed by atoms with E-state index in [2.05, 4.69) is 11.8 Å². The van der Waals surface area contributed by atoms with Gasteiger partial charge < -0.3 is 14.5 Å². The summed E-state index contributed by atoms with van der Waals surface area (Å²) in [5, 5.41) is 0.735. The largest absolute Gasteiger partial charge is 0.444 e. The minimum atomic E-state index is -0.451. The van der Waals surface area contributed by atoms with Crippen molar-refractivity contribution in [2.45, 2.75) is 39.3 Å². The highest BCUT2D eigenvalue weighted by Crippen LogP contribution is 2.23. The molecule has 1 aromatic rings. The van der Waals surface area contributed by atoms with E-state index in [4.69, 9.17) is 16.3 Å². The average molecular weight is 311 g/mol. The van der Waals surface area contributed by atoms with Gasteiger partial charge in [0.15, 0.2) is 0 Å². The highest BCUT2D eigenvalue weighted by Gasteiger charge is 2.29. The van der Waals surface area contributed by atoms with Crippen molar-refractivity contribution in [2.75, 3.05) is 24.5 Å². The second-order valence-electron chi connectivity index (χ2n) is 6.45. The quantitative estimate of drug-likeness (QED) is 0.791. The zero-order chi connectivity index (χ0) is 15.6. The number of amides is 1. The molecule has 1 aromatic carbocycles. The van der Waals surface area contributed by atoms with E-state index in [1.165, 1.54) is 0 Å². The van der Waals surface area contributed by atoms with E-state index in [0.29, 0.717) is 13.1 Å². The molecule has 1 saturated heterocycles. The first-order valence-corrected chi connectivity index (χ1v) is 7.64. The van der Waals surface area contributed by atoms with Crippen LogP contribution in [-0.4, -0.2) is 42.3 Å². The fourth-order valence-electron chi connectivity index (χ4n) is 2.47. The van der Waals surface area contributed by atoms with Gasteiger partial charge in [-0.25, -0.2) is 4.79 Å². The predicted molar refractivity (Wildman–Crippen MR) is 86.1 cm³/mol. The highest BCUT2D eigenvalue weighted by atomic mass is 35.5. The zero-order valence-corrected chi connectivity index (χ0v) is 13.9. The normalized spacial score (nSPS) is 19.6. The lowest BCUT2D eigenvalue weighted by Gasteiger charge is -2.41. The maximum Gasteiger partial charge on any atom is 0.410 e. The van der Waals surface area contributed by atoms with Gasteiger partial charge in [0.1, 0.15) is 5.60 Å². The van der Waals surface area contributed by atoms with Crippen molar-refractivity contribution in [3.05, 3.63) is 29.3 Å². The number of carbonyl (C=O) groups is 1. The molecule has 5 heteroatoms. The molecule has 21 heavy (non-hydrogen) atoms. The molecule has 0 bridgehead atoms. The Bertz CT molecular complexity index is 496. The van der Waals surface area contributed by atoms with E-state index in [1.54, 1.807) is 4.90 Å². The third-order valence-electron chi connectivity index (χ3n) is 3.44. The van der Waals surface area contributed by atoms with Crippen LogP contribution in [0.15, 0.2) is 24.3 Å². The van der Waals surface area contributed by atoms with Gasteiger partial charge >= 0.3 is 6.09 Å². The van der Waals surface area contributed by atoms with Crippen LogP contribution < -0.4 is 4.90 Å². The summed E-state index contributed by atoms with van der Waals surface area (Å²) < 4.78 is 5.43. The Morgan fingerprint density at radius 1 is 1.24 bits per heavy atom. The summed E-state index contributed by atoms with van der Waals surface area (Å²) in [7, 11) is 0. The van der Waals surface area contributed by atoms with Crippen molar-refractivity contribution in [3.8, 4) is 0 Å². The van der Waals surface area contributed by atoms with Crippen LogP contribution in [0.3, 0.4) is 0 Å². The van der Waals surface area contributed by atoms with Gasteiger partial charge in [-0.3, -0.25) is 0 Å². The van der Waals surface area contributed by atoms with Gasteiger partial charge in [0, 0.05) is 36.4 Å². The summed E-state index contributed by atoms with van der Waals surface area (Å²) in [6.07, 6.45) is -0.231. The highest BCUT2D eigenvalue weighted by molar-refractivity contribution is 6.30. The van der Waals surface area contributed by atoms with Crippen LogP contribution in [0.1, 0.15) is 27.7 Å². The topological polar surface area (TPSA) is 32.8 Å². The fourth-order valence-corrected chi connectivity index (χ4v) is 2.59. The molecule has 0 aromatic heterocycles. The van der Waals surface area contributed by atoms with E-state index in [-0.39, 0.29) is 12.1 Å². The first-order valence-electron chi connectivity index (χ1n) is 7.26. The summed E-state index contributed by atoms with van der Waals surface area (Å²) >= 11 is 5.93. The fraction of sp³-hybridized carbons (Fsp3) is 0.562. The van der Waals surface area contributed by atoms with Crippen LogP contribution in [-0.2, 0) is 4.74 Å². The second kappa shape index (κ2) is 6.14. The van der Waals surface area contributed by atoms with Gasteiger partial charge in [-0.05, 0) is 52.0 Å². The Labute approximate surface area is 131 Å². The van der Waals surface area contributed by atoms with Gasteiger partial charge in [0.2, 0.25) is 0 Å². The van der Waals surface area contributed by atoms with Gasteiger partial charge in [-0.15, -0.1) is 0 Å². The maximum atomic E-state index is 12.1. The smallest absolute Gasteiger partial charge is 0.410 e. The molecule has 0 spiro atoms. The number of anilines is 1. The van der Waals surface area contributed by atoms with Crippen molar-refractivity contribution < 1.29 is 9.53 Å². The summed E-state index contributed by atoms with van der Waals surface area (Å²) in [6.45, 7) is 9.90. The van der Waals surface area contributed by atoms with Crippen molar-refractivity contribution in [2.24, 2.45) is 0 Å². The number of halogens is 1. The minimum Gasteiger partial charge on any atom is -0.444 e. The molecule has 1 aliphatic rings. The number of rotatable bonds is 1. The van der Waals surface area contributed by atoms with Gasteiger partial charge in [0.05, 0.1) is 0 Å². The van der Waals surface area contributed by atoms with E-state index < -0.39 is 5.60 Å². The molecule has 0 radical (unpaired) electrons. The Morgan fingerprint density at radius 3 is 2.38 bits per heavy atom. The molecule has 2 rings (SSSR count). The van der Waals surface area contributed by atoms with Crippen molar-refractivity contribution in [1.29, 1.82) is 0 Å². The third-order valence-corrected chi connectivity index (χ3v) is 3.69. The van der Waals surface area contributed by atoms with Crippen molar-refractivity contribution in [3.63, 3.8) is 0 Å². The third kappa shape index (κ3) is 4.27. The molecule has 1 amide bonds. The molecular weight excluding hydrogens is 288 g/mol. The molecule has 4 nitrogen and oxygen atoms in total. The maximum absolute atomic E-state index is 12.1. The van der Waals surface area contributed by atoms with Crippen LogP contribution in [0.2, 0.25) is 5.02 Å². The van der Waals surface area contributed by atoms with E-state index in [9.17, 15) is 4.79 Å². The number of carbonyl (C=O) groups excluding carboxylic acids is 1. The Hall–Kier alpha value is -1.42. The molecular formula is C16H23ClN2O2. The predicted octanol–water partition coefficient (Wildman–Crippen LogP) is 3.79. The molecule has 1 fully saturated rings. The van der Waals surface area contributed by atoms with E-state index >= 15 is 0 Å². The Morgan fingerprint density at radius 2 is 1.86 bits per heavy atom. The van der Waals surface area contributed by atoms with Crippen molar-refractivity contribution in [1.82, 2.24) is 4.90 Å². The zero-order valence-electron chi connectivity index (χ0n) is 13.1. The van der Waals surface area contributed by atoms with Crippen LogP contribution in [0.25, 0.3) is 0 Å². The first kappa shape index (κ1) is 16.0. The van der Waals surface area contributed by atoms with Gasteiger partial charge in [-0.2, -0.15) is 0 Å². The number of ether oxygens (including phenoxy) is 1. The Kier molecular flexibility index (Phi) is 4.67. The van der Waals surface area contributed by atoms with Gasteiger partial charge in [0.25, 0.3) is 0 Å². The van der Waals surface area contributed by atoms with E-state index in [1.807, 2.05) is 45.0 Å². The second-order valence-corrected chi connectivity index (χ2v) is 6.88. The Balaban J connectivity index is 1.99.